The fourth-order valence-electron chi connectivity index (χ4n) is 3.08. The highest BCUT2D eigenvalue weighted by Crippen LogP contribution is 2.25. The molecule has 1 atom stereocenters. The largest absolute Gasteiger partial charge is 0.493 e. The Bertz CT molecular complexity index is 1060. The van der Waals surface area contributed by atoms with Crippen molar-refractivity contribution in [3.05, 3.63) is 80.8 Å². The number of aromatic hydroxyl groups is 1. The number of nitrogens with one attached hydrogen (secondary N) is 2. The quantitative estimate of drug-likeness (QED) is 0.397. The summed E-state index contributed by atoms with van der Waals surface area (Å²) in [5.74, 6) is -0.606. The van der Waals surface area contributed by atoms with E-state index in [0.29, 0.717) is 5.75 Å². The monoisotopic (exact) mass is 489 g/mol. The number of hydroxylamine groups is 1. The van der Waals surface area contributed by atoms with Crippen molar-refractivity contribution in [3.63, 3.8) is 0 Å². The molecule has 3 aromatic rings. The van der Waals surface area contributed by atoms with Crippen LogP contribution in [0.15, 0.2) is 63.9 Å². The van der Waals surface area contributed by atoms with Crippen LogP contribution in [0.2, 0.25) is 0 Å². The Labute approximate surface area is 187 Å². The average Bonchev–Trinajstić information content (AvgIpc) is 3.02. The number of carbonyl (C=O) groups is 1. The molecule has 31 heavy (non-hydrogen) atoms. The molecule has 0 fully saturated rings. The molecule has 0 aliphatic heterocycles. The summed E-state index contributed by atoms with van der Waals surface area (Å²) in [5, 5.41) is 10.6. The first-order valence-corrected chi connectivity index (χ1v) is 10.5. The maximum Gasteiger partial charge on any atom is 0.329 e. The number of hydrogen-bond acceptors (Lipinski definition) is 5. The highest BCUT2D eigenvalue weighted by Gasteiger charge is 2.30. The van der Waals surface area contributed by atoms with E-state index in [2.05, 4.69) is 26.4 Å². The van der Waals surface area contributed by atoms with Crippen LogP contribution in [0, 0.1) is 5.92 Å². The second-order valence-corrected chi connectivity index (χ2v) is 8.19. The standard InChI is InChI=1S/C22H24BrN3O5/c1-14(2)19(20(27)25-31-12-15-6-4-3-5-7-15)26-21(28)18(24-22(26)29)13-30-17-10-8-16(23)9-11-17/h3-11,14,19,28H,12-13H2,1-2H3,(H,24,29)(H,25,27). The van der Waals surface area contributed by atoms with E-state index in [4.69, 9.17) is 9.57 Å². The Balaban J connectivity index is 1.70. The van der Waals surface area contributed by atoms with Gasteiger partial charge in [-0.25, -0.2) is 14.8 Å². The van der Waals surface area contributed by atoms with Gasteiger partial charge in [-0.2, -0.15) is 0 Å². The summed E-state index contributed by atoms with van der Waals surface area (Å²) in [6.45, 7) is 3.67. The minimum atomic E-state index is -0.971. The molecule has 9 heteroatoms. The Morgan fingerprint density at radius 1 is 1.13 bits per heavy atom. The number of halogens is 1. The molecular weight excluding hydrogens is 466 g/mol. The van der Waals surface area contributed by atoms with Crippen LogP contribution in [-0.2, 0) is 22.8 Å². The number of amides is 1. The first-order chi connectivity index (χ1) is 14.9. The van der Waals surface area contributed by atoms with Crippen molar-refractivity contribution in [3.8, 4) is 11.6 Å². The highest BCUT2D eigenvalue weighted by atomic mass is 79.9. The van der Waals surface area contributed by atoms with E-state index in [0.717, 1.165) is 14.6 Å². The Kier molecular flexibility index (Phi) is 7.54. The summed E-state index contributed by atoms with van der Waals surface area (Å²) in [7, 11) is 0. The first-order valence-electron chi connectivity index (χ1n) is 9.73. The van der Waals surface area contributed by atoms with Crippen molar-refractivity contribution >= 4 is 21.8 Å². The molecule has 164 valence electrons. The van der Waals surface area contributed by atoms with E-state index in [-0.39, 0.29) is 30.7 Å². The third-order valence-electron chi connectivity index (χ3n) is 4.60. The molecule has 1 heterocycles. The van der Waals surface area contributed by atoms with Crippen LogP contribution in [0.3, 0.4) is 0 Å². The number of aromatic amines is 1. The van der Waals surface area contributed by atoms with Crippen LogP contribution in [0.4, 0.5) is 0 Å². The molecule has 0 aliphatic rings. The molecule has 3 rings (SSSR count). The summed E-state index contributed by atoms with van der Waals surface area (Å²) in [4.78, 5) is 33.1. The maximum atomic E-state index is 12.7. The van der Waals surface area contributed by atoms with Gasteiger partial charge in [-0.15, -0.1) is 0 Å². The molecular formula is C22H24BrN3O5. The van der Waals surface area contributed by atoms with E-state index in [1.165, 1.54) is 0 Å². The van der Waals surface area contributed by atoms with Crippen molar-refractivity contribution in [2.75, 3.05) is 0 Å². The highest BCUT2D eigenvalue weighted by molar-refractivity contribution is 9.10. The molecule has 1 amide bonds. The number of hydrogen-bond donors (Lipinski definition) is 3. The molecule has 0 bridgehead atoms. The SMILES string of the molecule is CC(C)C(C(=O)NOCc1ccccc1)n1c(O)c(COc2ccc(Br)cc2)[nH]c1=O. The fraction of sp³-hybridized carbons (Fsp3) is 0.273. The minimum absolute atomic E-state index is 0.0629. The molecule has 3 N–H and O–H groups in total. The lowest BCUT2D eigenvalue weighted by atomic mass is 10.0. The van der Waals surface area contributed by atoms with Gasteiger partial charge in [-0.1, -0.05) is 60.1 Å². The van der Waals surface area contributed by atoms with E-state index < -0.39 is 17.6 Å². The zero-order valence-electron chi connectivity index (χ0n) is 17.2. The summed E-state index contributed by atoms with van der Waals surface area (Å²) in [6.07, 6.45) is 0. The second kappa shape index (κ2) is 10.3. The zero-order valence-corrected chi connectivity index (χ0v) is 18.8. The lowest BCUT2D eigenvalue weighted by Gasteiger charge is -2.21. The number of aromatic nitrogens is 2. The number of carbonyl (C=O) groups excluding carboxylic acids is 1. The molecule has 0 radical (unpaired) electrons. The van der Waals surface area contributed by atoms with Gasteiger partial charge in [0.25, 0.3) is 5.91 Å². The van der Waals surface area contributed by atoms with E-state index >= 15 is 0 Å². The van der Waals surface area contributed by atoms with Gasteiger partial charge in [-0.3, -0.25) is 9.63 Å². The van der Waals surface area contributed by atoms with Gasteiger partial charge in [0.15, 0.2) is 0 Å². The minimum Gasteiger partial charge on any atom is -0.493 e. The first kappa shape index (κ1) is 22.6. The topological polar surface area (TPSA) is 106 Å². The number of H-pyrrole nitrogens is 1. The van der Waals surface area contributed by atoms with Crippen LogP contribution in [0.25, 0.3) is 0 Å². The number of benzene rings is 2. The predicted octanol–water partition coefficient (Wildman–Crippen LogP) is 3.67. The van der Waals surface area contributed by atoms with Gasteiger partial charge in [0.1, 0.15) is 24.1 Å². The second-order valence-electron chi connectivity index (χ2n) is 7.27. The predicted molar refractivity (Wildman–Crippen MR) is 118 cm³/mol. The van der Waals surface area contributed by atoms with Crippen LogP contribution in [0.5, 0.6) is 11.6 Å². The zero-order chi connectivity index (χ0) is 22.4. The summed E-state index contributed by atoms with van der Waals surface area (Å²) < 4.78 is 7.55. The van der Waals surface area contributed by atoms with E-state index in [9.17, 15) is 14.7 Å². The molecule has 0 saturated carbocycles. The van der Waals surface area contributed by atoms with Gasteiger partial charge in [-0.05, 0) is 35.7 Å². The molecule has 1 aromatic heterocycles. The van der Waals surface area contributed by atoms with E-state index in [1.54, 1.807) is 26.0 Å². The van der Waals surface area contributed by atoms with Gasteiger partial charge >= 0.3 is 5.69 Å². The third kappa shape index (κ3) is 5.77. The molecule has 0 aliphatic carbocycles. The number of imidazole rings is 1. The van der Waals surface area contributed by atoms with Crippen molar-refractivity contribution in [1.82, 2.24) is 15.0 Å². The molecule has 0 saturated heterocycles. The summed E-state index contributed by atoms with van der Waals surface area (Å²) >= 11 is 3.35. The maximum absolute atomic E-state index is 12.7. The van der Waals surface area contributed by atoms with Gasteiger partial charge in [0.2, 0.25) is 5.88 Å². The molecule has 8 nitrogen and oxygen atoms in total. The molecule has 1 unspecified atom stereocenters. The normalized spacial score (nSPS) is 12.0. The Hall–Kier alpha value is -3.04. The molecule has 0 spiro atoms. The molecule has 2 aromatic carbocycles. The third-order valence-corrected chi connectivity index (χ3v) is 5.13. The van der Waals surface area contributed by atoms with Crippen molar-refractivity contribution in [2.24, 2.45) is 5.92 Å². The Morgan fingerprint density at radius 2 is 1.81 bits per heavy atom. The average molecular weight is 490 g/mol. The van der Waals surface area contributed by atoms with Crippen LogP contribution >= 0.6 is 15.9 Å². The fourth-order valence-corrected chi connectivity index (χ4v) is 3.34. The summed E-state index contributed by atoms with van der Waals surface area (Å²) in [6, 6.07) is 15.5. The van der Waals surface area contributed by atoms with Crippen LogP contribution in [0.1, 0.15) is 31.1 Å². The Morgan fingerprint density at radius 3 is 2.45 bits per heavy atom. The lowest BCUT2D eigenvalue weighted by Crippen LogP contribution is -2.39. The van der Waals surface area contributed by atoms with Crippen LogP contribution < -0.4 is 15.9 Å². The van der Waals surface area contributed by atoms with Gasteiger partial charge in [0.05, 0.1) is 6.61 Å². The van der Waals surface area contributed by atoms with Crippen molar-refractivity contribution in [1.29, 1.82) is 0 Å². The lowest BCUT2D eigenvalue weighted by molar-refractivity contribution is -0.139. The van der Waals surface area contributed by atoms with Gasteiger partial charge in [0, 0.05) is 4.47 Å². The smallest absolute Gasteiger partial charge is 0.329 e. The van der Waals surface area contributed by atoms with Crippen molar-refractivity contribution in [2.45, 2.75) is 33.1 Å². The van der Waals surface area contributed by atoms with Crippen LogP contribution in [-0.4, -0.2) is 20.6 Å². The summed E-state index contributed by atoms with van der Waals surface area (Å²) in [5.41, 5.74) is 2.84. The number of nitrogens with zero attached hydrogens (tertiary/aromatic N) is 1. The number of ether oxygens (including phenoxy) is 1. The number of rotatable bonds is 9. The van der Waals surface area contributed by atoms with Crippen molar-refractivity contribution < 1.29 is 19.5 Å². The van der Waals surface area contributed by atoms with Gasteiger partial charge < -0.3 is 14.8 Å². The van der Waals surface area contributed by atoms with E-state index in [1.807, 2.05) is 42.5 Å².